The molecule has 0 N–H and O–H groups in total. The van der Waals surface area contributed by atoms with Gasteiger partial charge in [-0.3, -0.25) is 0 Å². The molecule has 0 spiro atoms. The number of hydrogen-bond acceptors (Lipinski definition) is 3. The van der Waals surface area contributed by atoms with Crippen LogP contribution < -0.4 is 4.57 Å². The van der Waals surface area contributed by atoms with E-state index in [1.807, 2.05) is 0 Å². The third kappa shape index (κ3) is 5.12. The molecular formula is C7H11F3N2O3S. The van der Waals surface area contributed by atoms with E-state index in [1.165, 1.54) is 12.5 Å². The van der Waals surface area contributed by atoms with Crippen LogP contribution in [0.3, 0.4) is 0 Å². The number of hydrogen-bond donors (Lipinski definition) is 0. The highest BCUT2D eigenvalue weighted by Gasteiger charge is 2.36. The van der Waals surface area contributed by atoms with Gasteiger partial charge in [0, 0.05) is 4.11 Å². The van der Waals surface area contributed by atoms with Crippen LogP contribution in [0.25, 0.3) is 0 Å². The summed E-state index contributed by atoms with van der Waals surface area (Å²) < 4.78 is 97.3. The molecule has 1 aromatic rings. The first-order chi connectivity index (χ1) is 9.00. The lowest BCUT2D eigenvalue weighted by Gasteiger charge is -2.08. The highest BCUT2D eigenvalue weighted by Crippen LogP contribution is 2.20. The quantitative estimate of drug-likeness (QED) is 0.419. The molecule has 0 aromatic carbocycles. The summed E-state index contributed by atoms with van der Waals surface area (Å²) in [4.78, 5) is 0. The number of nitrogens with zero attached hydrogens (tertiary/aromatic N) is 2. The Morgan fingerprint density at radius 1 is 1.62 bits per heavy atom. The minimum atomic E-state index is -6.09. The van der Waals surface area contributed by atoms with E-state index in [-0.39, 0.29) is 0 Å². The molecule has 0 bridgehead atoms. The van der Waals surface area contributed by atoms with Gasteiger partial charge in [0.15, 0.2) is 10.1 Å². The van der Waals surface area contributed by atoms with Crippen molar-refractivity contribution in [2.24, 2.45) is 7.05 Å². The van der Waals surface area contributed by atoms with Crippen molar-refractivity contribution < 1.29 is 37.6 Å². The zero-order chi connectivity index (χ0) is 17.3. The van der Waals surface area contributed by atoms with E-state index in [9.17, 15) is 13.2 Å². The van der Waals surface area contributed by atoms with Gasteiger partial charge >= 0.3 is 5.51 Å². The maximum Gasteiger partial charge on any atom is 0.485 e. The van der Waals surface area contributed by atoms with E-state index in [0.717, 1.165) is 4.57 Å². The highest BCUT2D eigenvalue weighted by molar-refractivity contribution is 7.86. The summed E-state index contributed by atoms with van der Waals surface area (Å²) in [7, 11) is -4.39. The molecule has 0 aliphatic rings. The molecule has 0 saturated carbocycles. The van der Waals surface area contributed by atoms with Crippen molar-refractivity contribution in [3.63, 3.8) is 0 Å². The first-order valence-electron chi connectivity index (χ1n) is 6.06. The van der Waals surface area contributed by atoms with E-state index in [2.05, 4.69) is 0 Å². The molecule has 94 valence electrons. The Bertz CT molecular complexity index is 581. The van der Waals surface area contributed by atoms with Crippen molar-refractivity contribution in [3.05, 3.63) is 18.7 Å². The number of imidazole rings is 1. The van der Waals surface area contributed by atoms with Crippen LogP contribution in [0, 0.1) is 0 Å². The van der Waals surface area contributed by atoms with Crippen LogP contribution in [0.4, 0.5) is 13.2 Å². The summed E-state index contributed by atoms with van der Waals surface area (Å²) in [6.45, 7) is -5.01. The predicted molar refractivity (Wildman–Crippen MR) is 47.0 cm³/mol. The minimum Gasteiger partial charge on any atom is -0.741 e. The van der Waals surface area contributed by atoms with Crippen LogP contribution in [0.1, 0.15) is 13.7 Å². The zero-order valence-corrected chi connectivity index (χ0v) is 8.71. The van der Waals surface area contributed by atoms with Gasteiger partial charge in [0.1, 0.15) is 12.4 Å². The Hall–Kier alpha value is -1.09. The minimum absolute atomic E-state index is 1.04. The number of halogens is 3. The summed E-state index contributed by atoms with van der Waals surface area (Å²) in [5.41, 5.74) is -5.65. The molecule has 0 amide bonds. The summed E-state index contributed by atoms with van der Waals surface area (Å²) in [5.74, 6) is 0. The lowest BCUT2D eigenvalue weighted by Crippen LogP contribution is -2.28. The van der Waals surface area contributed by atoms with Crippen molar-refractivity contribution in [1.29, 1.82) is 0 Å². The van der Waals surface area contributed by atoms with Crippen LogP contribution in [0.15, 0.2) is 18.7 Å². The molecule has 0 aliphatic carbocycles. The predicted octanol–water partition coefficient (Wildman–Crippen LogP) is 0.384. The van der Waals surface area contributed by atoms with Crippen molar-refractivity contribution in [1.82, 2.24) is 4.57 Å². The fourth-order valence-electron chi connectivity index (χ4n) is 0.516. The molecule has 0 radical (unpaired) electrons. The zero-order valence-electron chi connectivity index (χ0n) is 12.9. The Kier molecular flexibility index (Phi) is 2.67. The van der Waals surface area contributed by atoms with Crippen LogP contribution in [0.5, 0.6) is 0 Å². The van der Waals surface area contributed by atoms with Gasteiger partial charge in [-0.15, -0.1) is 0 Å². The second-order valence-electron chi connectivity index (χ2n) is 2.50. The summed E-state index contributed by atoms with van der Waals surface area (Å²) >= 11 is 0. The third-order valence-electron chi connectivity index (χ3n) is 1.18. The normalized spacial score (nSPS) is 18.2. The van der Waals surface area contributed by atoms with Gasteiger partial charge in [-0.2, -0.15) is 13.2 Å². The van der Waals surface area contributed by atoms with Gasteiger partial charge in [0.2, 0.25) is 6.33 Å². The van der Waals surface area contributed by atoms with Crippen molar-refractivity contribution in [3.8, 4) is 0 Å². The summed E-state index contributed by atoms with van der Waals surface area (Å²) in [5, 5.41) is 0. The standard InChI is InChI=1S/C6H11N2.CHF3O3S/c1-3-8-5-4-7(2)6-8;2-1(3,4)8(5,6)7/h4-6H,3H2,1-2H3;(H,5,6,7)/q+1;/p-1/i1D3,3D2;. The monoisotopic (exact) mass is 265 g/mol. The molecule has 1 aromatic heterocycles. The molecule has 16 heavy (non-hydrogen) atoms. The molecule has 1 heterocycles. The third-order valence-corrected chi connectivity index (χ3v) is 1.75. The lowest BCUT2D eigenvalue weighted by molar-refractivity contribution is -0.693. The van der Waals surface area contributed by atoms with Crippen LogP contribution in [-0.2, 0) is 23.7 Å². The second kappa shape index (κ2) is 5.30. The fourth-order valence-corrected chi connectivity index (χ4v) is 0.516. The van der Waals surface area contributed by atoms with E-state index in [4.69, 9.17) is 19.8 Å². The Labute approximate surface area is 97.9 Å². The van der Waals surface area contributed by atoms with Gasteiger partial charge < -0.3 is 4.55 Å². The average Bonchev–Trinajstić information content (AvgIpc) is 2.61. The maximum atomic E-state index is 10.7. The first kappa shape index (κ1) is 8.07. The summed E-state index contributed by atoms with van der Waals surface area (Å²) in [6, 6.07) is 0. The molecule has 0 aliphatic heterocycles. The van der Waals surface area contributed by atoms with Crippen molar-refractivity contribution in [2.45, 2.75) is 18.9 Å². The Morgan fingerprint density at radius 3 is 2.38 bits per heavy atom. The van der Waals surface area contributed by atoms with Gasteiger partial charge in [0.25, 0.3) is 0 Å². The molecular weight excluding hydrogens is 249 g/mol. The molecule has 0 saturated heterocycles. The van der Waals surface area contributed by atoms with E-state index >= 15 is 0 Å². The van der Waals surface area contributed by atoms with Gasteiger partial charge in [-0.1, -0.05) is 0 Å². The van der Waals surface area contributed by atoms with Crippen molar-refractivity contribution in [2.75, 3.05) is 0 Å². The Balaban J connectivity index is 0.000000433. The maximum absolute atomic E-state index is 10.7. The molecule has 1 rings (SSSR count). The topological polar surface area (TPSA) is 66.0 Å². The first-order valence-corrected chi connectivity index (χ1v) is 4.97. The van der Waals surface area contributed by atoms with Crippen LogP contribution in [-0.4, -0.2) is 23.0 Å². The number of alkyl halides is 3. The van der Waals surface area contributed by atoms with Gasteiger partial charge in [0.05, 0.1) is 16.3 Å². The average molecular weight is 265 g/mol. The fraction of sp³-hybridized carbons (Fsp3) is 0.571. The molecule has 0 unspecified atom stereocenters. The Morgan fingerprint density at radius 2 is 2.12 bits per heavy atom. The number of aryl methyl sites for hydroxylation is 2. The van der Waals surface area contributed by atoms with E-state index in [0.29, 0.717) is 0 Å². The highest BCUT2D eigenvalue weighted by atomic mass is 32.2. The smallest absolute Gasteiger partial charge is 0.485 e. The number of aromatic nitrogens is 2. The second-order valence-corrected chi connectivity index (χ2v) is 3.87. The SMILES string of the molecule is O=S(=O)([O-])C(F)(F)F.[2H]C([2H])([2H])C([2H])([2H])[n+]1ccn(C)c1. The number of rotatable bonds is 1. The van der Waals surface area contributed by atoms with Crippen LogP contribution >= 0.6 is 0 Å². The lowest BCUT2D eigenvalue weighted by atomic mass is 10.7. The van der Waals surface area contributed by atoms with Crippen LogP contribution in [0.2, 0.25) is 0 Å². The van der Waals surface area contributed by atoms with Gasteiger partial charge in [-0.05, 0) is 6.85 Å². The van der Waals surface area contributed by atoms with E-state index < -0.39 is 29.0 Å². The van der Waals surface area contributed by atoms with Gasteiger partial charge in [-0.25, -0.2) is 17.6 Å². The summed E-state index contributed by atoms with van der Waals surface area (Å²) in [6.07, 6.45) is 4.38. The largest absolute Gasteiger partial charge is 0.741 e. The molecule has 5 nitrogen and oxygen atoms in total. The molecule has 0 fully saturated rings. The van der Waals surface area contributed by atoms with E-state index in [1.54, 1.807) is 17.8 Å². The molecule has 9 heteroatoms. The molecule has 0 atom stereocenters. The van der Waals surface area contributed by atoms with Crippen molar-refractivity contribution >= 4 is 10.1 Å².